The molecule has 1 atom stereocenters. The van der Waals surface area contributed by atoms with E-state index < -0.39 is 0 Å². The lowest BCUT2D eigenvalue weighted by atomic mass is 9.94. The van der Waals surface area contributed by atoms with E-state index in [9.17, 15) is 5.11 Å². The van der Waals surface area contributed by atoms with Gasteiger partial charge in [-0.2, -0.15) is 0 Å². The Labute approximate surface area is 93.1 Å². The van der Waals surface area contributed by atoms with Gasteiger partial charge in [-0.05, 0) is 58.3 Å². The number of likely N-dealkylation sites (tertiary alicyclic amines) is 2. The summed E-state index contributed by atoms with van der Waals surface area (Å²) in [7, 11) is 2.21. The van der Waals surface area contributed by atoms with Crippen LogP contribution in [0.2, 0.25) is 0 Å². The van der Waals surface area contributed by atoms with Crippen molar-refractivity contribution >= 4 is 0 Å². The van der Waals surface area contributed by atoms with Crippen molar-refractivity contribution in [2.45, 2.75) is 31.7 Å². The smallest absolute Gasteiger partial charge is 0.0471 e. The van der Waals surface area contributed by atoms with E-state index in [0.29, 0.717) is 12.5 Å². The fourth-order valence-electron chi connectivity index (χ4n) is 2.94. The molecule has 88 valence electrons. The lowest BCUT2D eigenvalue weighted by Gasteiger charge is -2.41. The topological polar surface area (TPSA) is 26.7 Å². The zero-order valence-corrected chi connectivity index (χ0v) is 9.86. The van der Waals surface area contributed by atoms with Crippen molar-refractivity contribution in [3.63, 3.8) is 0 Å². The minimum atomic E-state index is 0.378. The molecular formula is C12H24N2O. The molecule has 0 aromatic rings. The maximum Gasteiger partial charge on any atom is 0.0471 e. The molecule has 0 spiro atoms. The van der Waals surface area contributed by atoms with Gasteiger partial charge in [0.25, 0.3) is 0 Å². The van der Waals surface area contributed by atoms with Crippen molar-refractivity contribution < 1.29 is 5.11 Å². The normalized spacial score (nSPS) is 32.0. The molecule has 2 aliphatic rings. The summed E-state index contributed by atoms with van der Waals surface area (Å²) >= 11 is 0. The lowest BCUT2D eigenvalue weighted by Crippen LogP contribution is -2.48. The zero-order valence-electron chi connectivity index (χ0n) is 9.86. The first kappa shape index (κ1) is 11.4. The molecule has 0 saturated carbocycles. The highest BCUT2D eigenvalue weighted by Gasteiger charge is 2.27. The maximum absolute atomic E-state index is 9.21. The lowest BCUT2D eigenvalue weighted by molar-refractivity contribution is 0.0592. The van der Waals surface area contributed by atoms with Crippen molar-refractivity contribution in [2.24, 2.45) is 5.92 Å². The van der Waals surface area contributed by atoms with Crippen molar-refractivity contribution in [3.05, 3.63) is 0 Å². The van der Waals surface area contributed by atoms with Crippen LogP contribution in [0.25, 0.3) is 0 Å². The highest BCUT2D eigenvalue weighted by atomic mass is 16.3. The third kappa shape index (κ3) is 2.92. The number of nitrogens with zero attached hydrogens (tertiary/aromatic N) is 2. The standard InChI is InChI=1S/C12H24N2O/c1-13-7-4-12(5-8-13)14-6-2-3-11(9-14)10-15/h11-12,15H,2-10H2,1H3/t11-/m0/s1. The monoisotopic (exact) mass is 212 g/mol. The molecule has 2 heterocycles. The second-order valence-corrected chi connectivity index (χ2v) is 5.22. The van der Waals surface area contributed by atoms with E-state index in [1.54, 1.807) is 0 Å². The molecule has 0 unspecified atom stereocenters. The number of rotatable bonds is 2. The van der Waals surface area contributed by atoms with Gasteiger partial charge in [0.05, 0.1) is 0 Å². The average Bonchev–Trinajstić information content (AvgIpc) is 2.30. The first-order chi connectivity index (χ1) is 7.29. The molecule has 0 aromatic heterocycles. The van der Waals surface area contributed by atoms with Crippen LogP contribution >= 0.6 is 0 Å². The predicted octanol–water partition coefficient (Wildman–Crippen LogP) is 0.785. The predicted molar refractivity (Wildman–Crippen MR) is 61.9 cm³/mol. The SMILES string of the molecule is CN1CCC(N2CCC[C@H](CO)C2)CC1. The Morgan fingerprint density at radius 2 is 1.87 bits per heavy atom. The van der Waals surface area contributed by atoms with Gasteiger partial charge in [0, 0.05) is 19.2 Å². The van der Waals surface area contributed by atoms with Gasteiger partial charge in [-0.3, -0.25) is 4.90 Å². The number of hydrogen-bond acceptors (Lipinski definition) is 3. The van der Waals surface area contributed by atoms with Crippen molar-refractivity contribution in [1.82, 2.24) is 9.80 Å². The Morgan fingerprint density at radius 3 is 2.53 bits per heavy atom. The molecule has 1 N–H and O–H groups in total. The molecule has 15 heavy (non-hydrogen) atoms. The summed E-state index contributed by atoms with van der Waals surface area (Å²) in [5.74, 6) is 0.540. The van der Waals surface area contributed by atoms with Crippen LogP contribution in [-0.4, -0.2) is 60.8 Å². The Morgan fingerprint density at radius 1 is 1.13 bits per heavy atom. The van der Waals surface area contributed by atoms with Crippen LogP contribution in [0.4, 0.5) is 0 Å². The fraction of sp³-hybridized carbons (Fsp3) is 1.00. The third-order valence-corrected chi connectivity index (χ3v) is 4.01. The summed E-state index contributed by atoms with van der Waals surface area (Å²) in [6.07, 6.45) is 5.13. The van der Waals surface area contributed by atoms with Gasteiger partial charge in [0.15, 0.2) is 0 Å². The zero-order chi connectivity index (χ0) is 10.7. The molecule has 0 aromatic carbocycles. The second-order valence-electron chi connectivity index (χ2n) is 5.22. The van der Waals surface area contributed by atoms with Crippen LogP contribution in [0.3, 0.4) is 0 Å². The molecular weight excluding hydrogens is 188 g/mol. The molecule has 2 rings (SSSR count). The molecule has 2 aliphatic heterocycles. The molecule has 2 saturated heterocycles. The number of aliphatic hydroxyl groups excluding tert-OH is 1. The number of aliphatic hydroxyl groups is 1. The van der Waals surface area contributed by atoms with E-state index in [2.05, 4.69) is 16.8 Å². The highest BCUT2D eigenvalue weighted by Crippen LogP contribution is 2.22. The van der Waals surface area contributed by atoms with Gasteiger partial charge < -0.3 is 10.0 Å². The molecule has 0 aliphatic carbocycles. The van der Waals surface area contributed by atoms with Gasteiger partial charge in [-0.25, -0.2) is 0 Å². The van der Waals surface area contributed by atoms with E-state index in [4.69, 9.17) is 0 Å². The first-order valence-corrected chi connectivity index (χ1v) is 6.33. The molecule has 0 radical (unpaired) electrons. The van der Waals surface area contributed by atoms with Gasteiger partial charge >= 0.3 is 0 Å². The van der Waals surface area contributed by atoms with Crippen LogP contribution in [-0.2, 0) is 0 Å². The third-order valence-electron chi connectivity index (χ3n) is 4.01. The van der Waals surface area contributed by atoms with Gasteiger partial charge in [0.2, 0.25) is 0 Å². The summed E-state index contributed by atoms with van der Waals surface area (Å²) in [5.41, 5.74) is 0. The van der Waals surface area contributed by atoms with Crippen molar-refractivity contribution in [3.8, 4) is 0 Å². The minimum absolute atomic E-state index is 0.378. The quantitative estimate of drug-likeness (QED) is 0.733. The van der Waals surface area contributed by atoms with Crippen molar-refractivity contribution in [2.75, 3.05) is 39.8 Å². The largest absolute Gasteiger partial charge is 0.396 e. The highest BCUT2D eigenvalue weighted by molar-refractivity contribution is 4.82. The van der Waals surface area contributed by atoms with Crippen molar-refractivity contribution in [1.29, 1.82) is 0 Å². The average molecular weight is 212 g/mol. The van der Waals surface area contributed by atoms with E-state index in [0.717, 1.165) is 12.6 Å². The second kappa shape index (κ2) is 5.28. The minimum Gasteiger partial charge on any atom is -0.396 e. The summed E-state index contributed by atoms with van der Waals surface area (Å²) in [4.78, 5) is 5.04. The summed E-state index contributed by atoms with van der Waals surface area (Å²) in [5, 5.41) is 9.21. The Hall–Kier alpha value is -0.120. The Balaban J connectivity index is 1.82. The summed E-state index contributed by atoms with van der Waals surface area (Å²) in [6.45, 7) is 5.24. The van der Waals surface area contributed by atoms with E-state index >= 15 is 0 Å². The van der Waals surface area contributed by atoms with Crippen LogP contribution in [0.1, 0.15) is 25.7 Å². The molecule has 3 heteroatoms. The van der Waals surface area contributed by atoms with Gasteiger partial charge in [0.1, 0.15) is 0 Å². The van der Waals surface area contributed by atoms with E-state index in [1.165, 1.54) is 45.3 Å². The Bertz CT molecular complexity index is 190. The molecule has 3 nitrogen and oxygen atoms in total. The maximum atomic E-state index is 9.21. The number of hydrogen-bond donors (Lipinski definition) is 1. The summed E-state index contributed by atoms with van der Waals surface area (Å²) < 4.78 is 0. The number of piperidine rings is 2. The van der Waals surface area contributed by atoms with E-state index in [1.807, 2.05) is 0 Å². The first-order valence-electron chi connectivity index (χ1n) is 6.33. The van der Waals surface area contributed by atoms with Crippen LogP contribution in [0.15, 0.2) is 0 Å². The summed E-state index contributed by atoms with van der Waals surface area (Å²) in [6, 6.07) is 0.788. The van der Waals surface area contributed by atoms with Gasteiger partial charge in [-0.1, -0.05) is 0 Å². The van der Waals surface area contributed by atoms with Crippen LogP contribution in [0.5, 0.6) is 0 Å². The van der Waals surface area contributed by atoms with Crippen LogP contribution < -0.4 is 0 Å². The molecule has 2 fully saturated rings. The Kier molecular flexibility index (Phi) is 4.00. The van der Waals surface area contributed by atoms with E-state index in [-0.39, 0.29) is 0 Å². The van der Waals surface area contributed by atoms with Gasteiger partial charge in [-0.15, -0.1) is 0 Å². The fourth-order valence-corrected chi connectivity index (χ4v) is 2.94. The molecule has 0 bridgehead atoms. The van der Waals surface area contributed by atoms with Crippen LogP contribution in [0, 0.1) is 5.92 Å². The molecule has 0 amide bonds.